The van der Waals surface area contributed by atoms with Gasteiger partial charge in [0.1, 0.15) is 28.9 Å². The molecule has 16 nitrogen and oxygen atoms in total. The molecule has 2 unspecified atom stereocenters. The lowest BCUT2D eigenvalue weighted by molar-refractivity contribution is -0.151. The topological polar surface area (TPSA) is 240 Å². The lowest BCUT2D eigenvalue weighted by Gasteiger charge is -2.49. The Hall–Kier alpha value is -4.97. The number of benzene rings is 2. The number of aryl methyl sites for hydroxylation is 1. The summed E-state index contributed by atoms with van der Waals surface area (Å²) in [4.78, 5) is 53.0. The van der Waals surface area contributed by atoms with Crippen LogP contribution in [-0.2, 0) is 21.4 Å². The minimum Gasteiger partial charge on any atom is -0.508 e. The summed E-state index contributed by atoms with van der Waals surface area (Å²) in [6.45, 7) is 0. The molecule has 3 atom stereocenters. The van der Waals surface area contributed by atoms with E-state index in [1.807, 2.05) is 0 Å². The summed E-state index contributed by atoms with van der Waals surface area (Å²) in [6.07, 6.45) is 0. The molecule has 0 saturated carbocycles. The van der Waals surface area contributed by atoms with Gasteiger partial charge in [-0.3, -0.25) is 19.3 Å². The van der Waals surface area contributed by atoms with Gasteiger partial charge in [-0.25, -0.2) is 9.48 Å². The number of carboxylic acids is 1. The van der Waals surface area contributed by atoms with Gasteiger partial charge in [0.25, 0.3) is 11.8 Å². The Balaban J connectivity index is 1.34. The van der Waals surface area contributed by atoms with Crippen molar-refractivity contribution < 1.29 is 44.7 Å². The molecule has 1 aromatic heterocycles. The molecule has 3 aromatic rings. The normalized spacial score (nSPS) is 18.4. The molecule has 1 fully saturated rings. The average molecular weight is 630 g/mol. The Morgan fingerprint density at radius 2 is 1.79 bits per heavy atom. The summed E-state index contributed by atoms with van der Waals surface area (Å²) >= 11 is 2.47. The molecule has 43 heavy (non-hydrogen) atoms. The quantitative estimate of drug-likeness (QED) is 0.0939. The third-order valence-corrected chi connectivity index (χ3v) is 9.04. The van der Waals surface area contributed by atoms with E-state index in [2.05, 4.69) is 26.2 Å². The van der Waals surface area contributed by atoms with Gasteiger partial charge in [-0.15, -0.1) is 16.9 Å². The number of β-lactam (4-membered cyclic amide) rings is 1. The standard InChI is InChI=1S/C25H23N7O9S2/c1-31-25(28-29-30-31)43-9-12-8-42-23-17(22(39)32(23)18(12)24(40)41)27-21(38)16(10-2-4-13(33)5-3-10)26-20(37)11-6-14(34)19(36)15(35)7-11/h2-7,16-17,23,33-36H,8-9H2,1H3,(H,26,37)(H,27,38)(H,40,41)/t16?,17?,23-/m0/s1. The molecular weight excluding hydrogens is 606 g/mol. The number of rotatable bonds is 9. The maximum absolute atomic E-state index is 13.5. The van der Waals surface area contributed by atoms with Gasteiger partial charge < -0.3 is 36.2 Å². The van der Waals surface area contributed by atoms with Gasteiger partial charge in [0, 0.05) is 24.1 Å². The summed E-state index contributed by atoms with van der Waals surface area (Å²) in [7, 11) is 1.64. The van der Waals surface area contributed by atoms with Crippen molar-refractivity contribution in [3.63, 3.8) is 0 Å². The van der Waals surface area contributed by atoms with Crippen LogP contribution in [0.3, 0.4) is 0 Å². The Morgan fingerprint density at radius 3 is 2.40 bits per heavy atom. The fourth-order valence-electron chi connectivity index (χ4n) is 4.44. The molecule has 224 valence electrons. The van der Waals surface area contributed by atoms with Crippen LogP contribution in [0.1, 0.15) is 22.0 Å². The van der Waals surface area contributed by atoms with Crippen molar-refractivity contribution in [1.29, 1.82) is 0 Å². The minimum absolute atomic E-state index is 0.108. The number of aromatic nitrogens is 4. The van der Waals surface area contributed by atoms with Crippen LogP contribution in [0.4, 0.5) is 0 Å². The van der Waals surface area contributed by atoms with Gasteiger partial charge in [-0.1, -0.05) is 23.9 Å². The maximum Gasteiger partial charge on any atom is 0.352 e. The molecular formula is C25H23N7O9S2. The molecule has 5 rings (SSSR count). The number of carbonyl (C=O) groups excluding carboxylic acids is 3. The summed E-state index contributed by atoms with van der Waals surface area (Å²) < 4.78 is 1.43. The van der Waals surface area contributed by atoms with Crippen molar-refractivity contribution in [3.8, 4) is 23.0 Å². The molecule has 3 heterocycles. The van der Waals surface area contributed by atoms with E-state index in [-0.39, 0.29) is 34.1 Å². The van der Waals surface area contributed by atoms with E-state index in [1.165, 1.54) is 52.5 Å². The number of nitrogens with zero attached hydrogens (tertiary/aromatic N) is 5. The highest BCUT2D eigenvalue weighted by Crippen LogP contribution is 2.42. The van der Waals surface area contributed by atoms with Crippen LogP contribution in [-0.4, -0.2) is 97.3 Å². The number of carbonyl (C=O) groups is 4. The van der Waals surface area contributed by atoms with E-state index in [4.69, 9.17) is 0 Å². The fourth-order valence-corrected chi connectivity index (χ4v) is 6.78. The smallest absolute Gasteiger partial charge is 0.352 e. The predicted molar refractivity (Wildman–Crippen MR) is 149 cm³/mol. The van der Waals surface area contributed by atoms with Crippen molar-refractivity contribution in [2.45, 2.75) is 22.6 Å². The van der Waals surface area contributed by atoms with Crippen molar-refractivity contribution >= 4 is 47.2 Å². The van der Waals surface area contributed by atoms with Crippen LogP contribution in [0.2, 0.25) is 0 Å². The highest BCUT2D eigenvalue weighted by atomic mass is 32.2. The van der Waals surface area contributed by atoms with Gasteiger partial charge in [-0.2, -0.15) is 0 Å². The Bertz CT molecular complexity index is 1640. The summed E-state index contributed by atoms with van der Waals surface area (Å²) in [5.74, 6) is -5.68. The first kappa shape index (κ1) is 29.5. The summed E-state index contributed by atoms with van der Waals surface area (Å²) in [5, 5.41) is 64.7. The number of phenolic OH excluding ortho intramolecular Hbond substituents is 4. The molecule has 3 amide bonds. The lowest BCUT2D eigenvalue weighted by Crippen LogP contribution is -2.71. The number of nitrogens with one attached hydrogen (secondary N) is 2. The van der Waals surface area contributed by atoms with Gasteiger partial charge >= 0.3 is 5.97 Å². The SMILES string of the molecule is Cn1nnnc1SCC1=C(C(=O)O)N2C(=O)C(NC(=O)C(NC(=O)c3cc(O)c(O)c(O)c3)c3ccc(O)cc3)[C@@H]2SC1. The molecule has 0 radical (unpaired) electrons. The molecule has 7 N–H and O–H groups in total. The highest BCUT2D eigenvalue weighted by Gasteiger charge is 2.54. The number of fused-ring (bicyclic) bond motifs is 1. The molecule has 2 aliphatic heterocycles. The zero-order chi connectivity index (χ0) is 31.0. The summed E-state index contributed by atoms with van der Waals surface area (Å²) in [5.41, 5.74) is 0.239. The monoisotopic (exact) mass is 629 g/mol. The number of phenols is 4. The number of aromatic hydroxyl groups is 4. The molecule has 2 aromatic carbocycles. The fraction of sp³-hybridized carbons (Fsp3) is 0.240. The number of hydrogen-bond donors (Lipinski definition) is 7. The summed E-state index contributed by atoms with van der Waals surface area (Å²) in [6, 6.07) is 4.57. The van der Waals surface area contributed by atoms with E-state index in [1.54, 1.807) is 7.05 Å². The van der Waals surface area contributed by atoms with Crippen molar-refractivity contribution in [3.05, 3.63) is 58.8 Å². The number of aliphatic carboxylic acids is 1. The van der Waals surface area contributed by atoms with Crippen LogP contribution < -0.4 is 10.6 Å². The molecule has 2 aliphatic rings. The first-order chi connectivity index (χ1) is 20.5. The first-order valence-corrected chi connectivity index (χ1v) is 14.4. The number of carboxylic acid groups (broad SMARTS) is 1. The predicted octanol–water partition coefficient (Wildman–Crippen LogP) is 0.0345. The first-order valence-electron chi connectivity index (χ1n) is 12.4. The van der Waals surface area contributed by atoms with E-state index in [0.29, 0.717) is 10.7 Å². The largest absolute Gasteiger partial charge is 0.508 e. The van der Waals surface area contributed by atoms with Gasteiger partial charge in [0.05, 0.1) is 0 Å². The van der Waals surface area contributed by atoms with Crippen LogP contribution in [0.25, 0.3) is 0 Å². The van der Waals surface area contributed by atoms with Crippen molar-refractivity contribution in [2.24, 2.45) is 7.05 Å². The average Bonchev–Trinajstić information content (AvgIpc) is 3.39. The molecule has 18 heteroatoms. The Kier molecular flexibility index (Phi) is 8.05. The minimum atomic E-state index is -1.41. The zero-order valence-electron chi connectivity index (χ0n) is 22.0. The third-order valence-electron chi connectivity index (χ3n) is 6.60. The van der Waals surface area contributed by atoms with E-state index in [0.717, 1.165) is 17.0 Å². The van der Waals surface area contributed by atoms with Crippen LogP contribution >= 0.6 is 23.5 Å². The molecule has 1 saturated heterocycles. The van der Waals surface area contributed by atoms with Gasteiger partial charge in [0.15, 0.2) is 17.2 Å². The van der Waals surface area contributed by atoms with Crippen LogP contribution in [0.5, 0.6) is 23.0 Å². The Labute approximate surface area is 250 Å². The van der Waals surface area contributed by atoms with E-state index < -0.39 is 58.4 Å². The van der Waals surface area contributed by atoms with Crippen LogP contribution in [0, 0.1) is 0 Å². The lowest BCUT2D eigenvalue weighted by atomic mass is 10.0. The van der Waals surface area contributed by atoms with E-state index in [9.17, 15) is 44.7 Å². The van der Waals surface area contributed by atoms with Crippen molar-refractivity contribution in [2.75, 3.05) is 11.5 Å². The number of hydrogen-bond acceptors (Lipinski definition) is 13. The number of tetrazole rings is 1. The second-order valence-corrected chi connectivity index (χ2v) is 11.4. The van der Waals surface area contributed by atoms with Crippen LogP contribution in [0.15, 0.2) is 52.8 Å². The van der Waals surface area contributed by atoms with E-state index >= 15 is 0 Å². The zero-order valence-corrected chi connectivity index (χ0v) is 23.7. The second kappa shape index (κ2) is 11.7. The second-order valence-electron chi connectivity index (χ2n) is 9.39. The Morgan fingerprint density at radius 1 is 1.12 bits per heavy atom. The van der Waals surface area contributed by atoms with Crippen molar-refractivity contribution in [1.82, 2.24) is 35.7 Å². The molecule has 0 spiro atoms. The molecule has 0 aliphatic carbocycles. The number of amides is 3. The van der Waals surface area contributed by atoms with Gasteiger partial charge in [0.2, 0.25) is 11.1 Å². The third kappa shape index (κ3) is 5.73. The highest BCUT2D eigenvalue weighted by molar-refractivity contribution is 8.01. The number of thioether (sulfide) groups is 2. The van der Waals surface area contributed by atoms with Gasteiger partial charge in [-0.05, 0) is 45.8 Å². The molecule has 0 bridgehead atoms. The maximum atomic E-state index is 13.5.